The van der Waals surface area contributed by atoms with Gasteiger partial charge in [0, 0.05) is 17.3 Å². The number of fused-ring (bicyclic) bond motifs is 1. The molecule has 4 heteroatoms. The summed E-state index contributed by atoms with van der Waals surface area (Å²) in [6, 6.07) is 9.49. The van der Waals surface area contributed by atoms with Crippen LogP contribution in [0.4, 0.5) is 0 Å². The third-order valence-electron chi connectivity index (χ3n) is 4.72. The third-order valence-corrected chi connectivity index (χ3v) is 4.72. The van der Waals surface area contributed by atoms with Gasteiger partial charge in [-0.3, -0.25) is 9.59 Å². The summed E-state index contributed by atoms with van der Waals surface area (Å²) in [5.41, 5.74) is 4.88. The van der Waals surface area contributed by atoms with Gasteiger partial charge in [0.25, 0.3) is 5.91 Å². The lowest BCUT2D eigenvalue weighted by Crippen LogP contribution is -2.28. The lowest BCUT2D eigenvalue weighted by Gasteiger charge is -2.16. The number of H-pyrrole nitrogens is 1. The minimum absolute atomic E-state index is 0.0924. The van der Waals surface area contributed by atoms with Gasteiger partial charge < -0.3 is 10.3 Å². The van der Waals surface area contributed by atoms with Crippen molar-refractivity contribution in [3.8, 4) is 0 Å². The number of amides is 1. The van der Waals surface area contributed by atoms with Crippen molar-refractivity contribution in [3.63, 3.8) is 0 Å². The molecule has 0 aliphatic heterocycles. The van der Waals surface area contributed by atoms with Crippen LogP contribution < -0.4 is 10.9 Å². The molecular formula is C20H24N2O2. The molecule has 1 aromatic heterocycles. The minimum Gasteiger partial charge on any atom is -0.346 e. The molecule has 0 radical (unpaired) electrons. The van der Waals surface area contributed by atoms with Crippen LogP contribution in [0.1, 0.15) is 71.9 Å². The first-order chi connectivity index (χ1) is 11.4. The van der Waals surface area contributed by atoms with Crippen molar-refractivity contribution in [1.82, 2.24) is 10.3 Å². The maximum Gasteiger partial charge on any atom is 0.252 e. The van der Waals surface area contributed by atoms with Gasteiger partial charge in [0.2, 0.25) is 5.56 Å². The maximum absolute atomic E-state index is 12.5. The van der Waals surface area contributed by atoms with Gasteiger partial charge in [-0.25, -0.2) is 0 Å². The number of aryl methyl sites for hydroxylation is 2. The van der Waals surface area contributed by atoms with Crippen LogP contribution in [0.15, 0.2) is 35.1 Å². The van der Waals surface area contributed by atoms with Crippen LogP contribution in [0.5, 0.6) is 0 Å². The lowest BCUT2D eigenvalue weighted by atomic mass is 10.0. The fourth-order valence-electron chi connectivity index (χ4n) is 3.23. The molecule has 1 amide bonds. The van der Waals surface area contributed by atoms with Crippen molar-refractivity contribution in [2.45, 2.75) is 52.0 Å². The largest absolute Gasteiger partial charge is 0.346 e. The van der Waals surface area contributed by atoms with Gasteiger partial charge in [0.05, 0.1) is 6.04 Å². The Kier molecular flexibility index (Phi) is 4.56. The second-order valence-electron chi connectivity index (χ2n) is 6.92. The molecule has 0 spiro atoms. The van der Waals surface area contributed by atoms with E-state index in [0.29, 0.717) is 5.56 Å². The molecule has 2 aromatic rings. The molecule has 1 aromatic carbocycles. The molecule has 24 heavy (non-hydrogen) atoms. The summed E-state index contributed by atoms with van der Waals surface area (Å²) in [5, 5.41) is 3.01. The van der Waals surface area contributed by atoms with Gasteiger partial charge >= 0.3 is 0 Å². The summed E-state index contributed by atoms with van der Waals surface area (Å²) in [6.07, 6.45) is 3.49. The number of carbonyl (C=O) groups excluding carboxylic acids is 1. The van der Waals surface area contributed by atoms with Crippen LogP contribution in [0.3, 0.4) is 0 Å². The van der Waals surface area contributed by atoms with Gasteiger partial charge in [-0.05, 0) is 54.9 Å². The van der Waals surface area contributed by atoms with Crippen LogP contribution in [0.2, 0.25) is 0 Å². The quantitative estimate of drug-likeness (QED) is 0.904. The Hall–Kier alpha value is -2.36. The monoisotopic (exact) mass is 324 g/mol. The van der Waals surface area contributed by atoms with Gasteiger partial charge in [-0.15, -0.1) is 0 Å². The number of aromatic nitrogens is 1. The van der Waals surface area contributed by atoms with Crippen molar-refractivity contribution in [2.75, 3.05) is 0 Å². The summed E-state index contributed by atoms with van der Waals surface area (Å²) in [5.74, 6) is -0.0458. The van der Waals surface area contributed by atoms with E-state index in [4.69, 9.17) is 0 Å². The molecule has 126 valence electrons. The van der Waals surface area contributed by atoms with Crippen LogP contribution in [0.25, 0.3) is 0 Å². The first-order valence-electron chi connectivity index (χ1n) is 8.61. The summed E-state index contributed by atoms with van der Waals surface area (Å²) < 4.78 is 0. The van der Waals surface area contributed by atoms with E-state index < -0.39 is 0 Å². The molecule has 1 unspecified atom stereocenters. The van der Waals surface area contributed by atoms with E-state index in [1.54, 1.807) is 6.07 Å². The highest BCUT2D eigenvalue weighted by atomic mass is 16.2. The summed E-state index contributed by atoms with van der Waals surface area (Å²) in [7, 11) is 0. The standard InChI is InChI=1S/C20H24N2O2/c1-12(2)18-10-17(11-19(23)22-18)20(24)21-13(3)15-8-7-14-5-4-6-16(14)9-15/h7-13H,4-6H2,1-3H3,(H,21,24)(H,22,23). The summed E-state index contributed by atoms with van der Waals surface area (Å²) in [6.45, 7) is 5.95. The molecule has 0 saturated carbocycles. The van der Waals surface area contributed by atoms with Crippen LogP contribution in [-0.2, 0) is 12.8 Å². The van der Waals surface area contributed by atoms with Crippen molar-refractivity contribution in [2.24, 2.45) is 0 Å². The fourth-order valence-corrected chi connectivity index (χ4v) is 3.23. The topological polar surface area (TPSA) is 62.0 Å². The molecule has 0 saturated heterocycles. The Morgan fingerprint density at radius 2 is 1.83 bits per heavy atom. The molecule has 1 atom stereocenters. The number of nitrogens with one attached hydrogen (secondary N) is 2. The first-order valence-corrected chi connectivity index (χ1v) is 8.61. The summed E-state index contributed by atoms with van der Waals surface area (Å²) in [4.78, 5) is 27.1. The average molecular weight is 324 g/mol. The zero-order valence-corrected chi connectivity index (χ0v) is 14.5. The predicted molar refractivity (Wildman–Crippen MR) is 95.5 cm³/mol. The van der Waals surface area contributed by atoms with Crippen LogP contribution in [-0.4, -0.2) is 10.9 Å². The van der Waals surface area contributed by atoms with Crippen molar-refractivity contribution < 1.29 is 4.79 Å². The number of benzene rings is 1. The first kappa shape index (κ1) is 16.5. The van der Waals surface area contributed by atoms with E-state index in [2.05, 4.69) is 28.5 Å². The van der Waals surface area contributed by atoms with Crippen molar-refractivity contribution >= 4 is 5.91 Å². The second-order valence-corrected chi connectivity index (χ2v) is 6.92. The number of aromatic amines is 1. The number of pyridine rings is 1. The van der Waals surface area contributed by atoms with Gasteiger partial charge in [-0.2, -0.15) is 0 Å². The Morgan fingerprint density at radius 3 is 2.58 bits per heavy atom. The maximum atomic E-state index is 12.5. The van der Waals surface area contributed by atoms with Crippen molar-refractivity contribution in [1.29, 1.82) is 0 Å². The Balaban J connectivity index is 1.78. The predicted octanol–water partition coefficient (Wildman–Crippen LogP) is 3.48. The normalized spacial score (nSPS) is 14.5. The fraction of sp³-hybridized carbons (Fsp3) is 0.400. The van der Waals surface area contributed by atoms with E-state index in [1.165, 1.54) is 23.6 Å². The molecule has 1 heterocycles. The third kappa shape index (κ3) is 3.42. The highest BCUT2D eigenvalue weighted by Gasteiger charge is 2.16. The highest BCUT2D eigenvalue weighted by Crippen LogP contribution is 2.25. The average Bonchev–Trinajstić information content (AvgIpc) is 3.01. The van der Waals surface area contributed by atoms with E-state index in [9.17, 15) is 9.59 Å². The molecule has 2 N–H and O–H groups in total. The van der Waals surface area contributed by atoms with E-state index >= 15 is 0 Å². The Labute approximate surface area is 142 Å². The smallest absolute Gasteiger partial charge is 0.252 e. The zero-order chi connectivity index (χ0) is 17.3. The molecule has 3 rings (SSSR count). The van der Waals surface area contributed by atoms with Gasteiger partial charge in [-0.1, -0.05) is 32.0 Å². The van der Waals surface area contributed by atoms with Crippen LogP contribution in [0, 0.1) is 0 Å². The number of carbonyl (C=O) groups is 1. The van der Waals surface area contributed by atoms with E-state index in [1.807, 2.05) is 20.8 Å². The molecule has 1 aliphatic carbocycles. The van der Waals surface area contributed by atoms with Crippen LogP contribution >= 0.6 is 0 Å². The second kappa shape index (κ2) is 6.63. The Bertz CT molecular complexity index is 821. The molecular weight excluding hydrogens is 300 g/mol. The van der Waals surface area contributed by atoms with Gasteiger partial charge in [0.1, 0.15) is 0 Å². The molecule has 1 aliphatic rings. The number of rotatable bonds is 4. The molecule has 4 nitrogen and oxygen atoms in total. The highest BCUT2D eigenvalue weighted by molar-refractivity contribution is 5.94. The number of hydrogen-bond acceptors (Lipinski definition) is 2. The molecule has 0 bridgehead atoms. The van der Waals surface area contributed by atoms with E-state index in [-0.39, 0.29) is 23.4 Å². The SMILES string of the molecule is CC(C)c1cc(C(=O)NC(C)c2ccc3c(c2)CCC3)cc(=O)[nH]1. The lowest BCUT2D eigenvalue weighted by molar-refractivity contribution is 0.0939. The van der Waals surface area contributed by atoms with E-state index in [0.717, 1.165) is 24.1 Å². The van der Waals surface area contributed by atoms with Crippen molar-refractivity contribution in [3.05, 3.63) is 68.6 Å². The summed E-state index contributed by atoms with van der Waals surface area (Å²) >= 11 is 0. The number of hydrogen-bond donors (Lipinski definition) is 2. The zero-order valence-electron chi connectivity index (χ0n) is 14.5. The minimum atomic E-state index is -0.239. The molecule has 0 fully saturated rings. The van der Waals surface area contributed by atoms with Gasteiger partial charge in [0.15, 0.2) is 0 Å². The Morgan fingerprint density at radius 1 is 1.08 bits per heavy atom.